The molecule has 0 spiro atoms. The van der Waals surface area contributed by atoms with Crippen LogP contribution in [0.25, 0.3) is 0 Å². The van der Waals surface area contributed by atoms with Crippen LogP contribution in [0.2, 0.25) is 0 Å². The highest BCUT2D eigenvalue weighted by molar-refractivity contribution is 5.48. The highest BCUT2D eigenvalue weighted by Gasteiger charge is 2.29. The molecule has 0 amide bonds. The van der Waals surface area contributed by atoms with Crippen molar-refractivity contribution in [1.82, 2.24) is 0 Å². The van der Waals surface area contributed by atoms with Crippen molar-refractivity contribution in [2.45, 2.75) is 38.3 Å². The van der Waals surface area contributed by atoms with Crippen molar-refractivity contribution in [3.63, 3.8) is 0 Å². The smallest absolute Gasteiger partial charge is 0.119 e. The lowest BCUT2D eigenvalue weighted by molar-refractivity contribution is 0.305. The van der Waals surface area contributed by atoms with E-state index < -0.39 is 0 Å². The van der Waals surface area contributed by atoms with Crippen molar-refractivity contribution in [1.29, 1.82) is 0 Å². The molecule has 0 radical (unpaired) electrons. The van der Waals surface area contributed by atoms with E-state index in [4.69, 9.17) is 18.9 Å². The molecule has 0 aliphatic carbocycles. The van der Waals surface area contributed by atoms with Gasteiger partial charge in [-0.25, -0.2) is 0 Å². The Morgan fingerprint density at radius 3 is 0.603 bits per heavy atom. The lowest BCUT2D eigenvalue weighted by Gasteiger charge is -2.30. The fourth-order valence-electron chi connectivity index (χ4n) is 7.20. The molecule has 4 nitrogen and oxygen atoms in total. The molecule has 58 heavy (non-hydrogen) atoms. The number of benzene rings is 8. The fourth-order valence-corrected chi connectivity index (χ4v) is 7.20. The van der Waals surface area contributed by atoms with Crippen LogP contribution in [-0.4, -0.2) is 0 Å². The first-order valence-electron chi connectivity index (χ1n) is 19.8. The van der Waals surface area contributed by atoms with Gasteiger partial charge in [-0.15, -0.1) is 0 Å². The van der Waals surface area contributed by atoms with Crippen molar-refractivity contribution in [3.05, 3.63) is 263 Å². The Bertz CT molecular complexity index is 2050. The topological polar surface area (TPSA) is 36.9 Å². The Balaban J connectivity index is 1.13. The van der Waals surface area contributed by atoms with Crippen molar-refractivity contribution in [3.8, 4) is 23.0 Å². The van der Waals surface area contributed by atoms with Crippen LogP contribution in [0, 0.1) is 0 Å². The van der Waals surface area contributed by atoms with Crippen LogP contribution in [0.3, 0.4) is 0 Å². The lowest BCUT2D eigenvalue weighted by Crippen LogP contribution is -2.15. The monoisotopic (exact) mass is 758 g/mol. The number of ether oxygens (including phenoxy) is 4. The molecule has 8 rings (SSSR count). The van der Waals surface area contributed by atoms with Gasteiger partial charge in [-0.3, -0.25) is 0 Å². The van der Waals surface area contributed by atoms with E-state index in [1.807, 2.05) is 72.8 Å². The van der Waals surface area contributed by atoms with Gasteiger partial charge in [-0.1, -0.05) is 170 Å². The standard InChI is InChI=1S/C54H46O4/c1-5-13-41(14-6-1)37-55-49-29-21-45(22-30-49)53(46-23-31-50(32-24-46)56-38-42-15-7-2-8-16-42)54(47-25-33-51(34-26-47)57-39-43-17-9-3-10-18-43)48-27-35-52(36-28-48)58-40-44-19-11-4-12-20-44/h1-36,53-54H,37-40H2. The van der Waals surface area contributed by atoms with Crippen LogP contribution >= 0.6 is 0 Å². The second kappa shape index (κ2) is 19.2. The minimum Gasteiger partial charge on any atom is -0.489 e. The summed E-state index contributed by atoms with van der Waals surface area (Å²) < 4.78 is 24.9. The molecule has 0 aromatic heterocycles. The number of hydrogen-bond acceptors (Lipinski definition) is 4. The third-order valence-electron chi connectivity index (χ3n) is 10.3. The molecule has 8 aromatic carbocycles. The lowest BCUT2D eigenvalue weighted by atomic mass is 9.73. The van der Waals surface area contributed by atoms with E-state index in [1.54, 1.807) is 0 Å². The van der Waals surface area contributed by atoms with E-state index >= 15 is 0 Å². The third kappa shape index (κ3) is 10.2. The molecular weight excluding hydrogens is 713 g/mol. The molecule has 0 aliphatic heterocycles. The van der Waals surface area contributed by atoms with Gasteiger partial charge in [0.2, 0.25) is 0 Å². The first kappa shape index (κ1) is 37.9. The first-order chi connectivity index (χ1) is 28.7. The fraction of sp³-hybridized carbons (Fsp3) is 0.111. The minimum atomic E-state index is -0.0569. The highest BCUT2D eigenvalue weighted by atomic mass is 16.5. The van der Waals surface area contributed by atoms with Crippen LogP contribution < -0.4 is 18.9 Å². The van der Waals surface area contributed by atoms with E-state index in [0.717, 1.165) is 45.3 Å². The molecule has 0 saturated carbocycles. The quantitative estimate of drug-likeness (QED) is 0.0927. The van der Waals surface area contributed by atoms with E-state index in [2.05, 4.69) is 146 Å². The van der Waals surface area contributed by atoms with Gasteiger partial charge < -0.3 is 18.9 Å². The van der Waals surface area contributed by atoms with Gasteiger partial charge in [-0.2, -0.15) is 0 Å². The van der Waals surface area contributed by atoms with Crippen LogP contribution in [0.1, 0.15) is 56.3 Å². The molecule has 0 fully saturated rings. The normalized spacial score (nSPS) is 11.0. The average Bonchev–Trinajstić information content (AvgIpc) is 3.30. The summed E-state index contributed by atoms with van der Waals surface area (Å²) in [6.07, 6.45) is 0. The summed E-state index contributed by atoms with van der Waals surface area (Å²) >= 11 is 0. The maximum absolute atomic E-state index is 6.23. The maximum Gasteiger partial charge on any atom is 0.119 e. The van der Waals surface area contributed by atoms with E-state index in [1.165, 1.54) is 22.3 Å². The zero-order valence-electron chi connectivity index (χ0n) is 32.4. The molecule has 8 aromatic rings. The molecule has 0 aliphatic rings. The Hall–Kier alpha value is -7.04. The minimum absolute atomic E-state index is 0.0569. The summed E-state index contributed by atoms with van der Waals surface area (Å²) in [7, 11) is 0. The predicted octanol–water partition coefficient (Wildman–Crippen LogP) is 13.0. The van der Waals surface area contributed by atoms with Gasteiger partial charge in [0.05, 0.1) is 0 Å². The molecule has 0 saturated heterocycles. The predicted molar refractivity (Wildman–Crippen MR) is 233 cm³/mol. The van der Waals surface area contributed by atoms with E-state index in [-0.39, 0.29) is 11.8 Å². The summed E-state index contributed by atoms with van der Waals surface area (Å²) in [4.78, 5) is 0. The summed E-state index contributed by atoms with van der Waals surface area (Å²) in [5, 5.41) is 0. The molecule has 0 bridgehead atoms. The van der Waals surface area contributed by atoms with Gasteiger partial charge in [-0.05, 0) is 93.0 Å². The number of hydrogen-bond donors (Lipinski definition) is 0. The third-order valence-corrected chi connectivity index (χ3v) is 10.3. The SMILES string of the molecule is c1ccc(COc2ccc(C(c3ccc(OCc4ccccc4)cc3)C(c3ccc(OCc4ccccc4)cc3)c3ccc(OCc4ccccc4)cc3)cc2)cc1. The second-order valence-electron chi connectivity index (χ2n) is 14.3. The Labute approximate surface area is 341 Å². The van der Waals surface area contributed by atoms with E-state index in [0.29, 0.717) is 26.4 Å². The Morgan fingerprint density at radius 1 is 0.224 bits per heavy atom. The second-order valence-corrected chi connectivity index (χ2v) is 14.3. The molecule has 0 unspecified atom stereocenters. The van der Waals surface area contributed by atoms with Crippen molar-refractivity contribution < 1.29 is 18.9 Å². The largest absolute Gasteiger partial charge is 0.489 e. The summed E-state index contributed by atoms with van der Waals surface area (Å²) in [6, 6.07) is 75.3. The average molecular weight is 759 g/mol. The molecule has 0 atom stereocenters. The first-order valence-corrected chi connectivity index (χ1v) is 19.8. The van der Waals surface area contributed by atoms with Gasteiger partial charge in [0, 0.05) is 11.8 Å². The van der Waals surface area contributed by atoms with Crippen molar-refractivity contribution in [2.75, 3.05) is 0 Å². The zero-order valence-corrected chi connectivity index (χ0v) is 32.4. The summed E-state index contributed by atoms with van der Waals surface area (Å²) in [6.45, 7) is 2.03. The van der Waals surface area contributed by atoms with E-state index in [9.17, 15) is 0 Å². The maximum atomic E-state index is 6.23. The van der Waals surface area contributed by atoms with Gasteiger partial charge in [0.25, 0.3) is 0 Å². The summed E-state index contributed by atoms with van der Waals surface area (Å²) in [5.74, 6) is 3.19. The molecule has 0 N–H and O–H groups in total. The molecule has 0 heterocycles. The van der Waals surface area contributed by atoms with Gasteiger partial charge in [0.15, 0.2) is 0 Å². The van der Waals surface area contributed by atoms with Crippen molar-refractivity contribution in [2.24, 2.45) is 0 Å². The molecule has 4 heteroatoms. The molecular formula is C54H46O4. The van der Waals surface area contributed by atoms with Crippen LogP contribution in [0.5, 0.6) is 23.0 Å². The van der Waals surface area contributed by atoms with Crippen LogP contribution in [0.15, 0.2) is 218 Å². The zero-order chi connectivity index (χ0) is 39.2. The highest BCUT2D eigenvalue weighted by Crippen LogP contribution is 2.44. The van der Waals surface area contributed by atoms with Gasteiger partial charge >= 0.3 is 0 Å². The van der Waals surface area contributed by atoms with Crippen molar-refractivity contribution >= 4 is 0 Å². The Kier molecular flexibility index (Phi) is 12.5. The number of rotatable bonds is 17. The van der Waals surface area contributed by atoms with Crippen LogP contribution in [0.4, 0.5) is 0 Å². The van der Waals surface area contributed by atoms with Crippen LogP contribution in [-0.2, 0) is 26.4 Å². The molecule has 286 valence electrons. The Morgan fingerprint density at radius 2 is 0.414 bits per heavy atom. The van der Waals surface area contributed by atoms with Gasteiger partial charge in [0.1, 0.15) is 49.4 Å². The summed E-state index contributed by atoms with van der Waals surface area (Å²) in [5.41, 5.74) is 9.20.